The summed E-state index contributed by atoms with van der Waals surface area (Å²) < 4.78 is 11.1. The van der Waals surface area contributed by atoms with Crippen LogP contribution in [0.3, 0.4) is 0 Å². The lowest BCUT2D eigenvalue weighted by atomic mass is 10.1. The highest BCUT2D eigenvalue weighted by Crippen LogP contribution is 2.15. The number of hydrogen-bond acceptors (Lipinski definition) is 3. The predicted molar refractivity (Wildman–Crippen MR) is 99.8 cm³/mol. The molecular weight excluding hydrogens is 314 g/mol. The normalized spacial score (nSPS) is 11.0. The first-order chi connectivity index (χ1) is 11.8. The first-order valence-electron chi connectivity index (χ1n) is 8.53. The Bertz CT molecular complexity index is 660. The molecule has 0 radical (unpaired) electrons. The molecule has 0 aromatic heterocycles. The number of nitrogens with zero attached hydrogens (tertiary/aromatic N) is 1. The van der Waals surface area contributed by atoms with E-state index in [-0.39, 0.29) is 6.09 Å². The van der Waals surface area contributed by atoms with Crippen LogP contribution in [0.25, 0.3) is 0 Å². The maximum atomic E-state index is 11.9. The second-order valence-electron chi connectivity index (χ2n) is 7.07. The Morgan fingerprint density at radius 1 is 0.960 bits per heavy atom. The minimum atomic E-state index is -0.469. The molecule has 2 aromatic carbocycles. The lowest BCUT2D eigenvalue weighted by Gasteiger charge is -2.24. The molecule has 0 aliphatic carbocycles. The summed E-state index contributed by atoms with van der Waals surface area (Å²) in [7, 11) is 1.76. The van der Waals surface area contributed by atoms with Gasteiger partial charge >= 0.3 is 6.09 Å². The van der Waals surface area contributed by atoms with E-state index in [0.717, 1.165) is 23.3 Å². The maximum Gasteiger partial charge on any atom is 0.410 e. The van der Waals surface area contributed by atoms with Gasteiger partial charge in [0.25, 0.3) is 0 Å². The Balaban J connectivity index is 1.79. The zero-order chi connectivity index (χ0) is 18.3. The van der Waals surface area contributed by atoms with Gasteiger partial charge in [0.1, 0.15) is 18.0 Å². The van der Waals surface area contributed by atoms with E-state index in [0.29, 0.717) is 13.2 Å². The minimum absolute atomic E-state index is 0.296. The van der Waals surface area contributed by atoms with Crippen molar-refractivity contribution in [2.45, 2.75) is 39.4 Å². The van der Waals surface area contributed by atoms with Gasteiger partial charge in [-0.1, -0.05) is 42.5 Å². The molecule has 0 spiro atoms. The van der Waals surface area contributed by atoms with E-state index in [2.05, 4.69) is 0 Å². The third-order valence-corrected chi connectivity index (χ3v) is 3.61. The van der Waals surface area contributed by atoms with E-state index >= 15 is 0 Å². The van der Waals surface area contributed by atoms with Crippen molar-refractivity contribution in [1.82, 2.24) is 4.90 Å². The molecule has 0 aliphatic rings. The molecule has 1 amide bonds. The molecule has 0 atom stereocenters. The summed E-state index contributed by atoms with van der Waals surface area (Å²) >= 11 is 0. The summed E-state index contributed by atoms with van der Waals surface area (Å²) in [6.07, 6.45) is 0.477. The molecule has 0 heterocycles. The van der Waals surface area contributed by atoms with Crippen molar-refractivity contribution in [3.8, 4) is 5.75 Å². The van der Waals surface area contributed by atoms with Crippen molar-refractivity contribution in [1.29, 1.82) is 0 Å². The van der Waals surface area contributed by atoms with Gasteiger partial charge in [0.05, 0.1) is 0 Å². The summed E-state index contributed by atoms with van der Waals surface area (Å²) in [6, 6.07) is 18.1. The first-order valence-corrected chi connectivity index (χ1v) is 8.53. The fourth-order valence-electron chi connectivity index (χ4n) is 2.22. The third-order valence-electron chi connectivity index (χ3n) is 3.61. The average molecular weight is 341 g/mol. The number of carbonyl (C=O) groups is 1. The van der Waals surface area contributed by atoms with Crippen LogP contribution in [0.15, 0.2) is 54.6 Å². The van der Waals surface area contributed by atoms with Gasteiger partial charge in [-0.3, -0.25) is 0 Å². The molecule has 0 saturated heterocycles. The fraction of sp³-hybridized carbons (Fsp3) is 0.381. The number of amides is 1. The van der Waals surface area contributed by atoms with E-state index in [9.17, 15) is 4.79 Å². The van der Waals surface area contributed by atoms with Crippen LogP contribution in [0.2, 0.25) is 0 Å². The highest BCUT2D eigenvalue weighted by Gasteiger charge is 2.19. The van der Waals surface area contributed by atoms with Gasteiger partial charge in [0.15, 0.2) is 0 Å². The zero-order valence-corrected chi connectivity index (χ0v) is 15.5. The number of likely N-dealkylation sites (N-methyl/N-ethyl adjacent to an activating group) is 1. The van der Waals surface area contributed by atoms with Crippen LogP contribution >= 0.6 is 0 Å². The molecule has 2 aromatic rings. The zero-order valence-electron chi connectivity index (χ0n) is 15.5. The van der Waals surface area contributed by atoms with Crippen molar-refractivity contribution < 1.29 is 14.3 Å². The fourth-order valence-corrected chi connectivity index (χ4v) is 2.22. The van der Waals surface area contributed by atoms with Crippen LogP contribution in [0.1, 0.15) is 31.9 Å². The quantitative estimate of drug-likeness (QED) is 0.766. The Hall–Kier alpha value is -2.49. The van der Waals surface area contributed by atoms with Gasteiger partial charge in [-0.25, -0.2) is 4.79 Å². The van der Waals surface area contributed by atoms with E-state index in [4.69, 9.17) is 9.47 Å². The van der Waals surface area contributed by atoms with Gasteiger partial charge in [-0.05, 0) is 50.5 Å². The lowest BCUT2D eigenvalue weighted by molar-refractivity contribution is 0.0301. The summed E-state index contributed by atoms with van der Waals surface area (Å²) in [4.78, 5) is 13.5. The summed E-state index contributed by atoms with van der Waals surface area (Å²) in [5, 5.41) is 0. The standard InChI is InChI=1S/C21H27NO3/c1-21(2,3)25-20(23)22(4)15-14-17-10-12-19(13-11-17)24-16-18-8-6-5-7-9-18/h5-13H,14-16H2,1-4H3. The van der Waals surface area contributed by atoms with Crippen LogP contribution in [0.4, 0.5) is 4.79 Å². The minimum Gasteiger partial charge on any atom is -0.489 e. The molecule has 0 fully saturated rings. The summed E-state index contributed by atoms with van der Waals surface area (Å²) in [5.74, 6) is 0.841. The number of ether oxygens (including phenoxy) is 2. The van der Waals surface area contributed by atoms with Crippen LogP contribution in [0, 0.1) is 0 Å². The van der Waals surface area contributed by atoms with Gasteiger partial charge < -0.3 is 14.4 Å². The number of benzene rings is 2. The SMILES string of the molecule is CN(CCc1ccc(OCc2ccccc2)cc1)C(=O)OC(C)(C)C. The van der Waals surface area contributed by atoms with E-state index in [1.807, 2.05) is 75.4 Å². The van der Waals surface area contributed by atoms with Crippen molar-refractivity contribution >= 4 is 6.09 Å². The summed E-state index contributed by atoms with van der Waals surface area (Å²) in [5.41, 5.74) is 1.83. The largest absolute Gasteiger partial charge is 0.489 e. The molecule has 134 valence electrons. The van der Waals surface area contributed by atoms with Crippen LogP contribution in [-0.2, 0) is 17.8 Å². The van der Waals surface area contributed by atoms with Gasteiger partial charge in [0.2, 0.25) is 0 Å². The number of hydrogen-bond donors (Lipinski definition) is 0. The van der Waals surface area contributed by atoms with E-state index in [1.54, 1.807) is 11.9 Å². The van der Waals surface area contributed by atoms with Gasteiger partial charge in [-0.15, -0.1) is 0 Å². The molecule has 4 heteroatoms. The Morgan fingerprint density at radius 3 is 2.20 bits per heavy atom. The molecule has 25 heavy (non-hydrogen) atoms. The second kappa shape index (κ2) is 8.56. The first kappa shape index (κ1) is 18.8. The second-order valence-corrected chi connectivity index (χ2v) is 7.07. The Labute approximate surface area is 150 Å². The molecule has 0 unspecified atom stereocenters. The Kier molecular flexibility index (Phi) is 6.45. The lowest BCUT2D eigenvalue weighted by Crippen LogP contribution is -2.35. The third kappa shape index (κ3) is 6.87. The van der Waals surface area contributed by atoms with E-state index < -0.39 is 5.60 Å². The van der Waals surface area contributed by atoms with Crippen LogP contribution in [-0.4, -0.2) is 30.2 Å². The molecule has 0 aliphatic heterocycles. The maximum absolute atomic E-state index is 11.9. The predicted octanol–water partition coefficient (Wildman–Crippen LogP) is 4.68. The van der Waals surface area contributed by atoms with Crippen molar-refractivity contribution in [2.75, 3.05) is 13.6 Å². The van der Waals surface area contributed by atoms with Crippen molar-refractivity contribution in [2.24, 2.45) is 0 Å². The van der Waals surface area contributed by atoms with Crippen molar-refractivity contribution in [3.05, 3.63) is 65.7 Å². The highest BCUT2D eigenvalue weighted by molar-refractivity contribution is 5.67. The van der Waals surface area contributed by atoms with Crippen LogP contribution < -0.4 is 4.74 Å². The summed E-state index contributed by atoms with van der Waals surface area (Å²) in [6.45, 7) is 6.77. The van der Waals surface area contributed by atoms with Gasteiger partial charge in [0, 0.05) is 13.6 Å². The molecule has 0 N–H and O–H groups in total. The van der Waals surface area contributed by atoms with Gasteiger partial charge in [-0.2, -0.15) is 0 Å². The Morgan fingerprint density at radius 2 is 1.60 bits per heavy atom. The van der Waals surface area contributed by atoms with Crippen LogP contribution in [0.5, 0.6) is 5.75 Å². The molecule has 2 rings (SSSR count). The monoisotopic (exact) mass is 341 g/mol. The number of carbonyl (C=O) groups excluding carboxylic acids is 1. The van der Waals surface area contributed by atoms with Crippen molar-refractivity contribution in [3.63, 3.8) is 0 Å². The smallest absolute Gasteiger partial charge is 0.410 e. The number of rotatable bonds is 6. The topological polar surface area (TPSA) is 38.8 Å². The molecule has 4 nitrogen and oxygen atoms in total. The molecule has 0 bridgehead atoms. The molecular formula is C21H27NO3. The molecule has 0 saturated carbocycles. The average Bonchev–Trinajstić information content (AvgIpc) is 2.58. The highest BCUT2D eigenvalue weighted by atomic mass is 16.6. The van der Waals surface area contributed by atoms with E-state index in [1.165, 1.54) is 0 Å².